The lowest BCUT2D eigenvalue weighted by molar-refractivity contribution is 0.321. The highest BCUT2D eigenvalue weighted by Gasteiger charge is 2.11. The van der Waals surface area contributed by atoms with Crippen molar-refractivity contribution in [3.8, 4) is 5.75 Å². The van der Waals surface area contributed by atoms with Gasteiger partial charge in [0.05, 0.1) is 6.61 Å². The first-order valence-corrected chi connectivity index (χ1v) is 5.85. The molecule has 0 bridgehead atoms. The van der Waals surface area contributed by atoms with Crippen LogP contribution in [-0.2, 0) is 0 Å². The maximum Gasteiger partial charge on any atom is 0.165 e. The van der Waals surface area contributed by atoms with Gasteiger partial charge in [0.25, 0.3) is 0 Å². The molecule has 0 saturated heterocycles. The van der Waals surface area contributed by atoms with Crippen molar-refractivity contribution >= 4 is 0 Å². The molecule has 0 fully saturated rings. The van der Waals surface area contributed by atoms with E-state index in [0.29, 0.717) is 24.8 Å². The second-order valence-corrected chi connectivity index (χ2v) is 3.81. The number of rotatable bonds is 6. The summed E-state index contributed by atoms with van der Waals surface area (Å²) >= 11 is 0. The van der Waals surface area contributed by atoms with E-state index in [4.69, 9.17) is 10.5 Å². The second kappa shape index (κ2) is 6.48. The van der Waals surface area contributed by atoms with Crippen LogP contribution >= 0.6 is 0 Å². The fourth-order valence-electron chi connectivity index (χ4n) is 1.85. The van der Waals surface area contributed by atoms with E-state index >= 15 is 0 Å². The van der Waals surface area contributed by atoms with Crippen LogP contribution in [0.1, 0.15) is 38.2 Å². The van der Waals surface area contributed by atoms with Crippen LogP contribution in [0.5, 0.6) is 5.75 Å². The molecule has 0 saturated carbocycles. The average molecular weight is 225 g/mol. The Morgan fingerprint density at radius 3 is 2.62 bits per heavy atom. The highest BCUT2D eigenvalue weighted by Crippen LogP contribution is 2.27. The molecule has 0 aromatic heterocycles. The lowest BCUT2D eigenvalue weighted by atomic mass is 9.93. The number of halogens is 1. The molecule has 16 heavy (non-hydrogen) atoms. The highest BCUT2D eigenvalue weighted by molar-refractivity contribution is 5.31. The van der Waals surface area contributed by atoms with Crippen molar-refractivity contribution in [2.24, 2.45) is 5.73 Å². The zero-order valence-electron chi connectivity index (χ0n) is 10.0. The maximum atomic E-state index is 13.6. The molecule has 90 valence electrons. The Bertz CT molecular complexity index is 328. The quantitative estimate of drug-likeness (QED) is 0.807. The largest absolute Gasteiger partial charge is 0.491 e. The zero-order valence-corrected chi connectivity index (χ0v) is 10.0. The van der Waals surface area contributed by atoms with Gasteiger partial charge in [-0.3, -0.25) is 0 Å². The lowest BCUT2D eigenvalue weighted by Gasteiger charge is -2.15. The van der Waals surface area contributed by atoms with Crippen LogP contribution in [0.15, 0.2) is 18.2 Å². The molecule has 0 amide bonds. The van der Waals surface area contributed by atoms with E-state index in [1.807, 2.05) is 13.0 Å². The third-order valence-electron chi connectivity index (χ3n) is 2.74. The predicted octanol–water partition coefficient (Wildman–Crippen LogP) is 3.07. The van der Waals surface area contributed by atoms with E-state index in [0.717, 1.165) is 18.4 Å². The molecule has 1 rings (SSSR count). The van der Waals surface area contributed by atoms with E-state index in [1.54, 1.807) is 12.1 Å². The zero-order chi connectivity index (χ0) is 12.0. The predicted molar refractivity (Wildman–Crippen MR) is 64.3 cm³/mol. The monoisotopic (exact) mass is 225 g/mol. The van der Waals surface area contributed by atoms with Crippen LogP contribution in [-0.4, -0.2) is 13.2 Å². The molecular formula is C13H20FNO. The number of ether oxygens (including phenoxy) is 1. The standard InChI is InChI=1S/C13H20FNO/c1-3-10(7-8-15)11-5-6-13(16-4-2)12(14)9-11/h5-6,9-10H,3-4,7-8,15H2,1-2H3. The second-order valence-electron chi connectivity index (χ2n) is 3.81. The summed E-state index contributed by atoms with van der Waals surface area (Å²) in [6, 6.07) is 5.19. The van der Waals surface area contributed by atoms with Crippen molar-refractivity contribution in [2.45, 2.75) is 32.6 Å². The van der Waals surface area contributed by atoms with Crippen LogP contribution in [0, 0.1) is 5.82 Å². The van der Waals surface area contributed by atoms with Gasteiger partial charge >= 0.3 is 0 Å². The van der Waals surface area contributed by atoms with Crippen LogP contribution in [0.2, 0.25) is 0 Å². The van der Waals surface area contributed by atoms with E-state index in [9.17, 15) is 4.39 Å². The summed E-state index contributed by atoms with van der Waals surface area (Å²) in [6.07, 6.45) is 1.87. The minimum absolute atomic E-state index is 0.283. The molecule has 1 aromatic carbocycles. The molecular weight excluding hydrogens is 205 g/mol. The lowest BCUT2D eigenvalue weighted by Crippen LogP contribution is -2.07. The third kappa shape index (κ3) is 3.20. The molecule has 0 radical (unpaired) electrons. The number of benzene rings is 1. The summed E-state index contributed by atoms with van der Waals surface area (Å²) in [7, 11) is 0. The van der Waals surface area contributed by atoms with Crippen molar-refractivity contribution in [3.05, 3.63) is 29.6 Å². The maximum absolute atomic E-state index is 13.6. The molecule has 1 atom stereocenters. The van der Waals surface area contributed by atoms with Crippen molar-refractivity contribution in [2.75, 3.05) is 13.2 Å². The topological polar surface area (TPSA) is 35.2 Å². The Balaban J connectivity index is 2.85. The Morgan fingerprint density at radius 1 is 1.38 bits per heavy atom. The molecule has 3 heteroatoms. The molecule has 2 nitrogen and oxygen atoms in total. The Morgan fingerprint density at radius 2 is 2.12 bits per heavy atom. The van der Waals surface area contributed by atoms with Crippen molar-refractivity contribution in [1.29, 1.82) is 0 Å². The Labute approximate surface area is 96.6 Å². The first kappa shape index (κ1) is 13.0. The number of hydrogen-bond acceptors (Lipinski definition) is 2. The minimum atomic E-state index is -0.283. The van der Waals surface area contributed by atoms with Gasteiger partial charge in [0.1, 0.15) is 0 Å². The first-order chi connectivity index (χ1) is 7.72. The number of nitrogens with two attached hydrogens (primary N) is 1. The van der Waals surface area contributed by atoms with Crippen LogP contribution in [0.4, 0.5) is 4.39 Å². The molecule has 0 aliphatic heterocycles. The van der Waals surface area contributed by atoms with Gasteiger partial charge in [-0.25, -0.2) is 4.39 Å². The number of hydrogen-bond donors (Lipinski definition) is 1. The normalized spacial score (nSPS) is 12.5. The molecule has 1 unspecified atom stereocenters. The summed E-state index contributed by atoms with van der Waals surface area (Å²) < 4.78 is 18.8. The van der Waals surface area contributed by atoms with E-state index < -0.39 is 0 Å². The third-order valence-corrected chi connectivity index (χ3v) is 2.74. The van der Waals surface area contributed by atoms with Crippen LogP contribution < -0.4 is 10.5 Å². The molecule has 0 aliphatic carbocycles. The van der Waals surface area contributed by atoms with Gasteiger partial charge in [-0.1, -0.05) is 13.0 Å². The molecule has 0 heterocycles. The summed E-state index contributed by atoms with van der Waals surface area (Å²) in [5.41, 5.74) is 6.55. The fourth-order valence-corrected chi connectivity index (χ4v) is 1.85. The summed E-state index contributed by atoms with van der Waals surface area (Å²) in [6.45, 7) is 5.05. The van der Waals surface area contributed by atoms with Gasteiger partial charge in [0, 0.05) is 0 Å². The van der Waals surface area contributed by atoms with Crippen LogP contribution in [0.25, 0.3) is 0 Å². The van der Waals surface area contributed by atoms with Gasteiger partial charge in [-0.2, -0.15) is 0 Å². The van der Waals surface area contributed by atoms with Gasteiger partial charge in [0.2, 0.25) is 0 Å². The average Bonchev–Trinajstić information content (AvgIpc) is 2.29. The first-order valence-electron chi connectivity index (χ1n) is 5.85. The Kier molecular flexibility index (Phi) is 5.26. The van der Waals surface area contributed by atoms with Crippen LogP contribution in [0.3, 0.4) is 0 Å². The summed E-state index contributed by atoms with van der Waals surface area (Å²) in [4.78, 5) is 0. The molecule has 1 aromatic rings. The van der Waals surface area contributed by atoms with Gasteiger partial charge in [-0.05, 0) is 49.9 Å². The van der Waals surface area contributed by atoms with E-state index in [-0.39, 0.29) is 5.82 Å². The van der Waals surface area contributed by atoms with E-state index in [2.05, 4.69) is 6.92 Å². The smallest absolute Gasteiger partial charge is 0.165 e. The van der Waals surface area contributed by atoms with E-state index in [1.165, 1.54) is 0 Å². The van der Waals surface area contributed by atoms with Crippen molar-refractivity contribution < 1.29 is 9.13 Å². The fraction of sp³-hybridized carbons (Fsp3) is 0.538. The summed E-state index contributed by atoms with van der Waals surface area (Å²) in [5.74, 6) is 0.388. The Hall–Kier alpha value is -1.09. The van der Waals surface area contributed by atoms with Crippen molar-refractivity contribution in [1.82, 2.24) is 0 Å². The summed E-state index contributed by atoms with van der Waals surface area (Å²) in [5, 5.41) is 0. The minimum Gasteiger partial charge on any atom is -0.491 e. The molecule has 2 N–H and O–H groups in total. The van der Waals surface area contributed by atoms with Crippen molar-refractivity contribution in [3.63, 3.8) is 0 Å². The molecule has 0 spiro atoms. The SMILES string of the molecule is CCOc1ccc(C(CC)CCN)cc1F. The van der Waals surface area contributed by atoms with Gasteiger partial charge < -0.3 is 10.5 Å². The highest BCUT2D eigenvalue weighted by atomic mass is 19.1. The molecule has 0 aliphatic rings. The van der Waals surface area contributed by atoms with Gasteiger partial charge in [-0.15, -0.1) is 0 Å². The van der Waals surface area contributed by atoms with Gasteiger partial charge in [0.15, 0.2) is 11.6 Å².